The van der Waals surface area contributed by atoms with E-state index in [-0.39, 0.29) is 18.9 Å². The quantitative estimate of drug-likeness (QED) is 0.180. The fourth-order valence-corrected chi connectivity index (χ4v) is 4.79. The molecule has 0 saturated carbocycles. The van der Waals surface area contributed by atoms with Gasteiger partial charge in [0, 0.05) is 5.41 Å². The van der Waals surface area contributed by atoms with Crippen molar-refractivity contribution in [2.45, 2.75) is 90.2 Å². The maximum absolute atomic E-state index is 13.3. The second-order valence-electron chi connectivity index (χ2n) is 7.64. The molecule has 164 valence electrons. The molecule has 3 atom stereocenters. The molecule has 1 saturated heterocycles. The number of carbonyl (C=O) groups excluding carboxylic acids is 2. The van der Waals surface area contributed by atoms with Crippen LogP contribution >= 0.6 is 12.0 Å². The average molecular weight is 421 g/mol. The molecule has 1 N–H and O–H groups in total. The van der Waals surface area contributed by atoms with Crippen LogP contribution in [0.5, 0.6) is 0 Å². The van der Waals surface area contributed by atoms with Crippen molar-refractivity contribution in [3.8, 4) is 0 Å². The van der Waals surface area contributed by atoms with Gasteiger partial charge in [0.1, 0.15) is 0 Å². The van der Waals surface area contributed by atoms with Gasteiger partial charge in [-0.25, -0.2) is 5.26 Å². The average Bonchev–Trinajstić information content (AvgIpc) is 2.71. The number of unbranched alkanes of at least 4 members (excludes halogenated alkanes) is 2. The largest absolute Gasteiger partial charge is 0.465 e. The van der Waals surface area contributed by atoms with Gasteiger partial charge in [-0.1, -0.05) is 64.8 Å². The van der Waals surface area contributed by atoms with Gasteiger partial charge < -0.3 is 9.47 Å². The third kappa shape index (κ3) is 6.08. The summed E-state index contributed by atoms with van der Waals surface area (Å²) in [5.74, 6) is -0.702. The molecule has 1 aliphatic rings. The third-order valence-corrected chi connectivity index (χ3v) is 7.13. The van der Waals surface area contributed by atoms with Crippen LogP contribution in [0.4, 0.5) is 0 Å². The van der Waals surface area contributed by atoms with Crippen molar-refractivity contribution in [1.29, 1.82) is 0 Å². The lowest BCUT2D eigenvalue weighted by molar-refractivity contribution is -0.432. The fraction of sp³-hybridized carbons (Fsp3) is 0.900. The maximum Gasteiger partial charge on any atom is 0.326 e. The Bertz CT molecular complexity index is 487. The summed E-state index contributed by atoms with van der Waals surface area (Å²) in [5, 5.41) is 12.5. The van der Waals surface area contributed by atoms with Gasteiger partial charge in [0.2, 0.25) is 0 Å². The van der Waals surface area contributed by atoms with Gasteiger partial charge in [0.25, 0.3) is 0 Å². The van der Waals surface area contributed by atoms with Crippen molar-refractivity contribution in [1.82, 2.24) is 0 Å². The Morgan fingerprint density at radius 2 is 1.96 bits per heavy atom. The van der Waals surface area contributed by atoms with E-state index in [9.17, 15) is 9.59 Å². The highest BCUT2D eigenvalue weighted by Crippen LogP contribution is 2.54. The van der Waals surface area contributed by atoms with Gasteiger partial charge >= 0.3 is 11.9 Å². The van der Waals surface area contributed by atoms with E-state index in [1.165, 1.54) is 0 Å². The topological polar surface area (TPSA) is 91.3 Å². The Morgan fingerprint density at radius 3 is 2.54 bits per heavy atom. The summed E-state index contributed by atoms with van der Waals surface area (Å²) in [6, 6.07) is 0. The minimum absolute atomic E-state index is 0.117. The van der Waals surface area contributed by atoms with E-state index in [2.05, 4.69) is 25.8 Å². The highest BCUT2D eigenvalue weighted by molar-refractivity contribution is 7.96. The molecule has 3 unspecified atom stereocenters. The Labute approximate surface area is 172 Å². The van der Waals surface area contributed by atoms with Crippen LogP contribution < -0.4 is 0 Å². The Balaban J connectivity index is 3.11. The van der Waals surface area contributed by atoms with Crippen LogP contribution in [0, 0.1) is 11.3 Å². The molecule has 1 aliphatic heterocycles. The SMILES string of the molecule is CCCCC(CC)COC(=O)C1(SOOO)CC(=O)OCC1(CC)CCCC. The fourth-order valence-electron chi connectivity index (χ4n) is 3.85. The molecule has 1 heterocycles. The smallest absolute Gasteiger partial charge is 0.326 e. The Morgan fingerprint density at radius 1 is 1.25 bits per heavy atom. The highest BCUT2D eigenvalue weighted by atomic mass is 32.2. The standard InChI is InChI=1S/C20H36O7S/c1-5-9-11-16(7-3)14-24-18(22)20(28-27-26-23)13-17(21)25-15-19(20,8-4)12-10-6-2/h16,23H,5-15H2,1-4H3. The van der Waals surface area contributed by atoms with Crippen molar-refractivity contribution in [2.24, 2.45) is 11.3 Å². The van der Waals surface area contributed by atoms with Crippen molar-refractivity contribution < 1.29 is 33.7 Å². The lowest BCUT2D eigenvalue weighted by Crippen LogP contribution is -2.59. The second-order valence-corrected chi connectivity index (χ2v) is 8.64. The monoisotopic (exact) mass is 420 g/mol. The molecule has 7 nitrogen and oxygen atoms in total. The van der Waals surface area contributed by atoms with Gasteiger partial charge in [-0.3, -0.25) is 9.59 Å². The summed E-state index contributed by atoms with van der Waals surface area (Å²) in [5.41, 5.74) is -0.650. The summed E-state index contributed by atoms with van der Waals surface area (Å²) in [6.07, 6.45) is 7.00. The molecular weight excluding hydrogens is 384 g/mol. The molecule has 0 aliphatic carbocycles. The zero-order chi connectivity index (χ0) is 21.0. The van der Waals surface area contributed by atoms with Crippen molar-refractivity contribution in [3.63, 3.8) is 0 Å². The molecule has 1 fully saturated rings. The molecule has 0 aromatic rings. The van der Waals surface area contributed by atoms with E-state index in [1.807, 2.05) is 6.92 Å². The predicted octanol–water partition coefficient (Wildman–Crippen LogP) is 5.09. The Kier molecular flexibility index (Phi) is 11.4. The number of rotatable bonds is 14. The first-order chi connectivity index (χ1) is 13.4. The molecule has 0 aromatic heterocycles. The lowest BCUT2D eigenvalue weighted by atomic mass is 9.67. The zero-order valence-electron chi connectivity index (χ0n) is 17.7. The summed E-state index contributed by atoms with van der Waals surface area (Å²) in [7, 11) is 0. The molecule has 0 amide bonds. The van der Waals surface area contributed by atoms with Gasteiger partial charge in [-0.2, -0.15) is 0 Å². The highest BCUT2D eigenvalue weighted by Gasteiger charge is 2.62. The first-order valence-corrected chi connectivity index (χ1v) is 11.2. The number of esters is 2. The van der Waals surface area contributed by atoms with Crippen LogP contribution in [-0.4, -0.2) is 35.2 Å². The van der Waals surface area contributed by atoms with E-state index in [1.54, 1.807) is 0 Å². The van der Waals surface area contributed by atoms with E-state index < -0.39 is 22.1 Å². The number of hydrogen-bond acceptors (Lipinski definition) is 8. The number of hydrogen-bond donors (Lipinski definition) is 1. The van der Waals surface area contributed by atoms with E-state index in [0.29, 0.717) is 31.5 Å². The third-order valence-electron chi connectivity index (χ3n) is 5.97. The van der Waals surface area contributed by atoms with Crippen LogP contribution in [0.3, 0.4) is 0 Å². The van der Waals surface area contributed by atoms with E-state index >= 15 is 0 Å². The van der Waals surface area contributed by atoms with Gasteiger partial charge in [0.15, 0.2) is 4.75 Å². The van der Waals surface area contributed by atoms with Gasteiger partial charge in [0.05, 0.1) is 31.7 Å². The van der Waals surface area contributed by atoms with Crippen LogP contribution in [-0.2, 0) is 28.4 Å². The molecule has 0 bridgehead atoms. The molecule has 28 heavy (non-hydrogen) atoms. The van der Waals surface area contributed by atoms with Gasteiger partial charge in [-0.05, 0) is 25.2 Å². The summed E-state index contributed by atoms with van der Waals surface area (Å²) in [6.45, 7) is 8.67. The first-order valence-electron chi connectivity index (χ1n) is 10.4. The minimum atomic E-state index is -1.32. The van der Waals surface area contributed by atoms with Crippen LogP contribution in [0.2, 0.25) is 0 Å². The summed E-state index contributed by atoms with van der Waals surface area (Å²) < 4.78 is 14.5. The van der Waals surface area contributed by atoms with Crippen molar-refractivity contribution in [3.05, 3.63) is 0 Å². The maximum atomic E-state index is 13.3. The predicted molar refractivity (Wildman–Crippen MR) is 107 cm³/mol. The first kappa shape index (κ1) is 25.2. The normalized spacial score (nSPS) is 26.0. The van der Waals surface area contributed by atoms with Crippen LogP contribution in [0.15, 0.2) is 0 Å². The molecular formula is C20H36O7S. The molecule has 0 radical (unpaired) electrons. The molecule has 8 heteroatoms. The van der Waals surface area contributed by atoms with Crippen molar-refractivity contribution in [2.75, 3.05) is 13.2 Å². The summed E-state index contributed by atoms with van der Waals surface area (Å²) in [4.78, 5) is 25.5. The minimum Gasteiger partial charge on any atom is -0.465 e. The number of carbonyl (C=O) groups is 2. The molecule has 1 rings (SSSR count). The van der Waals surface area contributed by atoms with Crippen molar-refractivity contribution >= 4 is 24.0 Å². The van der Waals surface area contributed by atoms with E-state index in [0.717, 1.165) is 38.5 Å². The number of cyclic esters (lactones) is 1. The number of ether oxygens (including phenoxy) is 2. The van der Waals surface area contributed by atoms with E-state index in [4.69, 9.17) is 19.1 Å². The Hall–Kier alpha value is -0.830. The lowest BCUT2D eigenvalue weighted by Gasteiger charge is -2.48. The van der Waals surface area contributed by atoms with Crippen LogP contribution in [0.1, 0.15) is 85.5 Å². The molecule has 0 aromatic carbocycles. The summed E-state index contributed by atoms with van der Waals surface area (Å²) >= 11 is 0.668. The molecule has 0 spiro atoms. The zero-order valence-corrected chi connectivity index (χ0v) is 18.5. The van der Waals surface area contributed by atoms with Gasteiger partial charge in [-0.15, -0.1) is 4.33 Å². The second kappa shape index (κ2) is 12.7. The van der Waals surface area contributed by atoms with Crippen LogP contribution in [0.25, 0.3) is 0 Å².